The van der Waals surface area contributed by atoms with Crippen LogP contribution < -0.4 is 0 Å². The molecule has 0 bridgehead atoms. The molecule has 0 aliphatic carbocycles. The van der Waals surface area contributed by atoms with Crippen molar-refractivity contribution in [3.8, 4) is 0 Å². The third-order valence-electron chi connectivity index (χ3n) is 4.62. The van der Waals surface area contributed by atoms with E-state index in [-0.39, 0.29) is 11.1 Å². The zero-order valence-electron chi connectivity index (χ0n) is 16.0. The van der Waals surface area contributed by atoms with Crippen molar-refractivity contribution in [3.63, 3.8) is 0 Å². The van der Waals surface area contributed by atoms with E-state index < -0.39 is 23.5 Å². The lowest BCUT2D eigenvalue weighted by Gasteiger charge is -2.13. The topological polar surface area (TPSA) is 9.23 Å². The maximum atomic E-state index is 12.9. The fourth-order valence-corrected chi connectivity index (χ4v) is 3.17. The van der Waals surface area contributed by atoms with Crippen LogP contribution >= 0.6 is 0 Å². The lowest BCUT2D eigenvalue weighted by molar-refractivity contribution is -0.139. The molecule has 0 aromatic heterocycles. The highest BCUT2D eigenvalue weighted by Gasteiger charge is 2.33. The minimum absolute atomic E-state index is 0.281. The lowest BCUT2D eigenvalue weighted by atomic mass is 10.0. The molecule has 0 heterocycles. The molecule has 7 heteroatoms. The smallest absolute Gasteiger partial charge is 0.381 e. The van der Waals surface area contributed by atoms with Crippen molar-refractivity contribution in [2.24, 2.45) is 0 Å². The summed E-state index contributed by atoms with van der Waals surface area (Å²) in [6.07, 6.45) is -5.64. The molecule has 2 aromatic rings. The monoisotopic (exact) mass is 418 g/mol. The summed E-state index contributed by atoms with van der Waals surface area (Å²) in [5.74, 6) is 0. The van der Waals surface area contributed by atoms with Gasteiger partial charge in [0.1, 0.15) is 0 Å². The van der Waals surface area contributed by atoms with Gasteiger partial charge in [-0.25, -0.2) is 0 Å². The summed E-state index contributed by atoms with van der Waals surface area (Å²) in [4.78, 5) is 0. The zero-order chi connectivity index (χ0) is 21.3. The van der Waals surface area contributed by atoms with Crippen LogP contribution in [0.2, 0.25) is 0 Å². The van der Waals surface area contributed by atoms with Crippen molar-refractivity contribution >= 4 is 0 Å². The molecule has 0 saturated carbocycles. The summed E-state index contributed by atoms with van der Waals surface area (Å²) >= 11 is 0. The van der Waals surface area contributed by atoms with Crippen LogP contribution in [0.4, 0.5) is 26.3 Å². The first-order valence-corrected chi connectivity index (χ1v) is 9.57. The Kier molecular flexibility index (Phi) is 8.56. The Morgan fingerprint density at radius 3 is 1.31 bits per heavy atom. The molecule has 0 spiro atoms. The molecule has 0 unspecified atom stereocenters. The van der Waals surface area contributed by atoms with Crippen molar-refractivity contribution in [1.82, 2.24) is 0 Å². The first-order valence-electron chi connectivity index (χ1n) is 9.57. The van der Waals surface area contributed by atoms with E-state index in [2.05, 4.69) is 0 Å². The Labute approximate surface area is 166 Å². The fraction of sp³-hybridized carbons (Fsp3) is 0.455. The first kappa shape index (κ1) is 23.3. The summed E-state index contributed by atoms with van der Waals surface area (Å²) < 4.78 is 83.0. The number of ether oxygens (including phenoxy) is 1. The van der Waals surface area contributed by atoms with Gasteiger partial charge < -0.3 is 4.74 Å². The van der Waals surface area contributed by atoms with Crippen molar-refractivity contribution in [1.29, 1.82) is 0 Å². The molecule has 0 fully saturated rings. The van der Waals surface area contributed by atoms with Crippen molar-refractivity contribution in [3.05, 3.63) is 70.8 Å². The van der Waals surface area contributed by atoms with Crippen LogP contribution in [-0.2, 0) is 29.9 Å². The summed E-state index contributed by atoms with van der Waals surface area (Å²) in [6, 6.07) is 11.1. The Morgan fingerprint density at radius 1 is 0.552 bits per heavy atom. The van der Waals surface area contributed by atoms with Crippen LogP contribution in [-0.4, -0.2) is 13.2 Å². The maximum Gasteiger partial charge on any atom is 0.416 e. The number of aryl methyl sites for hydroxylation is 2. The third-order valence-corrected chi connectivity index (χ3v) is 4.62. The second-order valence-electron chi connectivity index (χ2n) is 6.84. The minimum Gasteiger partial charge on any atom is -0.381 e. The predicted molar refractivity (Wildman–Crippen MR) is 99.6 cm³/mol. The summed E-state index contributed by atoms with van der Waals surface area (Å²) in [7, 11) is 0. The van der Waals surface area contributed by atoms with Crippen LogP contribution in [0, 0.1) is 0 Å². The van der Waals surface area contributed by atoms with Gasteiger partial charge in [-0.1, -0.05) is 36.4 Å². The van der Waals surface area contributed by atoms with Crippen molar-refractivity contribution in [2.75, 3.05) is 13.2 Å². The Hall–Kier alpha value is -2.02. The third kappa shape index (κ3) is 7.72. The molecule has 0 aliphatic heterocycles. The molecular formula is C22H24F6O. The molecule has 2 rings (SSSR count). The van der Waals surface area contributed by atoms with E-state index in [9.17, 15) is 26.3 Å². The second kappa shape index (κ2) is 10.7. The Morgan fingerprint density at radius 2 is 0.931 bits per heavy atom. The number of unbranched alkanes of at least 4 members (excludes halogenated alkanes) is 2. The molecule has 0 amide bonds. The van der Waals surface area contributed by atoms with Gasteiger partial charge in [-0.05, 0) is 61.8 Å². The van der Waals surface area contributed by atoms with E-state index in [4.69, 9.17) is 4.74 Å². The zero-order valence-corrected chi connectivity index (χ0v) is 16.0. The molecule has 0 saturated heterocycles. The highest BCUT2D eigenvalue weighted by molar-refractivity contribution is 5.30. The molecule has 2 aromatic carbocycles. The number of halogens is 6. The van der Waals surface area contributed by atoms with Gasteiger partial charge in [0.25, 0.3) is 0 Å². The van der Waals surface area contributed by atoms with E-state index in [1.807, 2.05) is 0 Å². The maximum absolute atomic E-state index is 12.9. The van der Waals surface area contributed by atoms with Crippen LogP contribution in [0.15, 0.2) is 48.5 Å². The van der Waals surface area contributed by atoms with Gasteiger partial charge in [0.2, 0.25) is 0 Å². The Balaban J connectivity index is 1.61. The highest BCUT2D eigenvalue weighted by Crippen LogP contribution is 2.33. The van der Waals surface area contributed by atoms with Gasteiger partial charge in [-0.2, -0.15) is 26.3 Å². The second-order valence-corrected chi connectivity index (χ2v) is 6.84. The van der Waals surface area contributed by atoms with Gasteiger partial charge in [0.15, 0.2) is 0 Å². The number of benzene rings is 2. The van der Waals surface area contributed by atoms with E-state index in [0.29, 0.717) is 51.7 Å². The summed E-state index contributed by atoms with van der Waals surface area (Å²) in [5, 5.41) is 0. The van der Waals surface area contributed by atoms with Gasteiger partial charge in [0, 0.05) is 13.2 Å². The SMILES string of the molecule is FC(F)(F)c1ccccc1CCCCOCCCCc1ccccc1C(F)(F)F. The van der Waals surface area contributed by atoms with Gasteiger partial charge in [0.05, 0.1) is 11.1 Å². The molecule has 0 atom stereocenters. The van der Waals surface area contributed by atoms with Crippen molar-refractivity contribution in [2.45, 2.75) is 50.9 Å². The number of hydrogen-bond acceptors (Lipinski definition) is 1. The molecular weight excluding hydrogens is 394 g/mol. The summed E-state index contributed by atoms with van der Waals surface area (Å²) in [6.45, 7) is 0.848. The van der Waals surface area contributed by atoms with E-state index >= 15 is 0 Å². The van der Waals surface area contributed by atoms with Crippen molar-refractivity contribution < 1.29 is 31.1 Å². The number of hydrogen-bond donors (Lipinski definition) is 0. The Bertz CT molecular complexity index is 688. The normalized spacial score (nSPS) is 12.3. The molecule has 0 N–H and O–H groups in total. The van der Waals surface area contributed by atoms with Crippen LogP contribution in [0.3, 0.4) is 0 Å². The van der Waals surface area contributed by atoms with Gasteiger partial charge in [-0.3, -0.25) is 0 Å². The lowest BCUT2D eigenvalue weighted by Crippen LogP contribution is -2.09. The molecule has 0 radical (unpaired) electrons. The number of rotatable bonds is 10. The quantitative estimate of drug-likeness (QED) is 0.296. The fourth-order valence-electron chi connectivity index (χ4n) is 3.17. The average Bonchev–Trinajstić information content (AvgIpc) is 2.66. The molecule has 1 nitrogen and oxygen atoms in total. The van der Waals surface area contributed by atoms with Gasteiger partial charge in [-0.15, -0.1) is 0 Å². The molecule has 29 heavy (non-hydrogen) atoms. The highest BCUT2D eigenvalue weighted by atomic mass is 19.4. The van der Waals surface area contributed by atoms with Crippen LogP contribution in [0.25, 0.3) is 0 Å². The average molecular weight is 418 g/mol. The van der Waals surface area contributed by atoms with Crippen LogP contribution in [0.5, 0.6) is 0 Å². The van der Waals surface area contributed by atoms with Gasteiger partial charge >= 0.3 is 12.4 Å². The summed E-state index contributed by atoms with van der Waals surface area (Å²) in [5.41, 5.74) is -0.633. The standard InChI is InChI=1S/C22H24F6O/c23-21(24,25)19-13-3-1-9-17(19)11-5-7-15-29-16-8-6-12-18-10-2-4-14-20(18)22(26,27)28/h1-4,9-10,13-14H,5-8,11-12,15-16H2. The largest absolute Gasteiger partial charge is 0.416 e. The van der Waals surface area contributed by atoms with E-state index in [1.54, 1.807) is 12.1 Å². The number of alkyl halides is 6. The first-order chi connectivity index (χ1) is 13.7. The molecule has 160 valence electrons. The van der Waals surface area contributed by atoms with E-state index in [1.165, 1.54) is 24.3 Å². The predicted octanol–water partition coefficient (Wildman–Crippen LogP) is 7.09. The minimum atomic E-state index is -4.35. The van der Waals surface area contributed by atoms with Crippen LogP contribution in [0.1, 0.15) is 47.9 Å². The van der Waals surface area contributed by atoms with E-state index in [0.717, 1.165) is 12.1 Å². The molecule has 0 aliphatic rings.